The molecule has 196 valence electrons. The van der Waals surface area contributed by atoms with Crippen molar-refractivity contribution in [1.29, 1.82) is 5.41 Å². The van der Waals surface area contributed by atoms with Gasteiger partial charge < -0.3 is 19.5 Å². The smallest absolute Gasteiger partial charge is 0.492 e. The van der Waals surface area contributed by atoms with Gasteiger partial charge in [0.05, 0.1) is 23.4 Å². The zero-order chi connectivity index (χ0) is 27.1. The van der Waals surface area contributed by atoms with Crippen molar-refractivity contribution in [2.45, 2.75) is 26.1 Å². The van der Waals surface area contributed by atoms with E-state index < -0.39 is 23.9 Å². The highest BCUT2D eigenvalue weighted by Crippen LogP contribution is 2.35. The standard InChI is InChI=1S/C26H22F6N2O3/c1-2-35-23-13-10-19(25(27,28)29)14-22(23)34-15-21(24(33)36-16-17-6-4-3-5-7-17)18-8-11-20(12-9-18)37-26(30,31)32/h3-15,33-34H,2,16H2,1H3/b21-15-,33-24?. The molecule has 37 heavy (non-hydrogen) atoms. The molecule has 11 heteroatoms. The Hall–Kier alpha value is -4.15. The van der Waals surface area contributed by atoms with E-state index >= 15 is 0 Å². The molecular formula is C26H22F6N2O3. The molecule has 0 spiro atoms. The summed E-state index contributed by atoms with van der Waals surface area (Å²) in [6, 6.07) is 16.5. The van der Waals surface area contributed by atoms with Gasteiger partial charge in [0.2, 0.25) is 5.90 Å². The van der Waals surface area contributed by atoms with Crippen molar-refractivity contribution in [2.24, 2.45) is 0 Å². The van der Waals surface area contributed by atoms with Crippen molar-refractivity contribution in [3.8, 4) is 11.5 Å². The highest BCUT2D eigenvalue weighted by molar-refractivity contribution is 6.18. The predicted molar refractivity (Wildman–Crippen MR) is 126 cm³/mol. The van der Waals surface area contributed by atoms with Crippen molar-refractivity contribution < 1.29 is 40.6 Å². The number of hydrogen-bond donors (Lipinski definition) is 2. The molecule has 0 aliphatic heterocycles. The lowest BCUT2D eigenvalue weighted by Gasteiger charge is -2.16. The van der Waals surface area contributed by atoms with Crippen LogP contribution in [0, 0.1) is 5.41 Å². The van der Waals surface area contributed by atoms with Crippen molar-refractivity contribution >= 4 is 17.2 Å². The third-order valence-corrected chi connectivity index (χ3v) is 4.85. The molecule has 3 aromatic rings. The Kier molecular flexibility index (Phi) is 8.69. The van der Waals surface area contributed by atoms with Gasteiger partial charge in [-0.05, 0) is 48.4 Å². The van der Waals surface area contributed by atoms with Crippen LogP contribution >= 0.6 is 0 Å². The summed E-state index contributed by atoms with van der Waals surface area (Å²) in [6.07, 6.45) is -8.26. The van der Waals surface area contributed by atoms with E-state index in [1.165, 1.54) is 24.4 Å². The summed E-state index contributed by atoms with van der Waals surface area (Å²) < 4.78 is 92.2. The van der Waals surface area contributed by atoms with Crippen LogP contribution in [-0.4, -0.2) is 18.9 Å². The Balaban J connectivity index is 1.94. The van der Waals surface area contributed by atoms with Crippen LogP contribution in [0.5, 0.6) is 11.5 Å². The second kappa shape index (κ2) is 11.7. The third-order valence-electron chi connectivity index (χ3n) is 4.85. The summed E-state index contributed by atoms with van der Waals surface area (Å²) in [6.45, 7) is 1.87. The fourth-order valence-electron chi connectivity index (χ4n) is 3.17. The zero-order valence-electron chi connectivity index (χ0n) is 19.4. The Labute approximate surface area is 208 Å². The summed E-state index contributed by atoms with van der Waals surface area (Å²) in [5.41, 5.74) is 0.129. The van der Waals surface area contributed by atoms with Crippen LogP contribution < -0.4 is 14.8 Å². The number of hydrogen-bond acceptors (Lipinski definition) is 5. The fraction of sp³-hybridized carbons (Fsp3) is 0.192. The lowest BCUT2D eigenvalue weighted by Crippen LogP contribution is -2.17. The van der Waals surface area contributed by atoms with Gasteiger partial charge in [0.15, 0.2) is 0 Å². The summed E-state index contributed by atoms with van der Waals surface area (Å²) in [5, 5.41) is 11.1. The van der Waals surface area contributed by atoms with Crippen LogP contribution in [0.1, 0.15) is 23.6 Å². The number of benzene rings is 3. The molecule has 2 N–H and O–H groups in total. The maximum atomic E-state index is 13.3. The maximum Gasteiger partial charge on any atom is 0.573 e. The van der Waals surface area contributed by atoms with Gasteiger partial charge in [0, 0.05) is 6.20 Å². The lowest BCUT2D eigenvalue weighted by atomic mass is 10.1. The molecule has 3 rings (SSSR count). The fourth-order valence-corrected chi connectivity index (χ4v) is 3.17. The number of halogens is 6. The van der Waals surface area contributed by atoms with Gasteiger partial charge in [-0.25, -0.2) is 0 Å². The molecule has 0 fully saturated rings. The Bertz CT molecular complexity index is 1220. The molecule has 0 heterocycles. The van der Waals surface area contributed by atoms with Gasteiger partial charge in [-0.15, -0.1) is 13.2 Å². The summed E-state index contributed by atoms with van der Waals surface area (Å²) in [4.78, 5) is 0. The Morgan fingerprint density at radius 1 is 0.919 bits per heavy atom. The normalized spacial score (nSPS) is 12.1. The van der Waals surface area contributed by atoms with Gasteiger partial charge >= 0.3 is 12.5 Å². The topological polar surface area (TPSA) is 63.6 Å². The first-order valence-electron chi connectivity index (χ1n) is 10.9. The summed E-state index contributed by atoms with van der Waals surface area (Å²) in [5.74, 6) is -0.709. The summed E-state index contributed by atoms with van der Waals surface area (Å²) in [7, 11) is 0. The van der Waals surface area contributed by atoms with Gasteiger partial charge in [0.1, 0.15) is 18.1 Å². The van der Waals surface area contributed by atoms with Crippen molar-refractivity contribution in [1.82, 2.24) is 0 Å². The lowest BCUT2D eigenvalue weighted by molar-refractivity contribution is -0.274. The van der Waals surface area contributed by atoms with Crippen LogP contribution in [0.25, 0.3) is 5.57 Å². The number of alkyl halides is 6. The number of rotatable bonds is 9. The van der Waals surface area contributed by atoms with E-state index in [1.54, 1.807) is 37.3 Å². The molecule has 0 amide bonds. The summed E-state index contributed by atoms with van der Waals surface area (Å²) >= 11 is 0. The molecule has 5 nitrogen and oxygen atoms in total. The molecule has 0 bridgehead atoms. The van der Waals surface area contributed by atoms with Crippen LogP contribution in [-0.2, 0) is 17.5 Å². The molecule has 0 unspecified atom stereocenters. The van der Waals surface area contributed by atoms with E-state index in [4.69, 9.17) is 14.9 Å². The first-order valence-corrected chi connectivity index (χ1v) is 10.9. The van der Waals surface area contributed by atoms with Crippen molar-refractivity contribution in [3.63, 3.8) is 0 Å². The minimum absolute atomic E-state index is 0.0139. The minimum atomic E-state index is -4.88. The van der Waals surface area contributed by atoms with Gasteiger partial charge in [-0.3, -0.25) is 5.41 Å². The van der Waals surface area contributed by atoms with Gasteiger partial charge in [-0.2, -0.15) is 13.2 Å². The van der Waals surface area contributed by atoms with E-state index in [0.29, 0.717) is 0 Å². The monoisotopic (exact) mass is 524 g/mol. The molecule has 3 aromatic carbocycles. The van der Waals surface area contributed by atoms with Crippen LogP contribution in [0.3, 0.4) is 0 Å². The Morgan fingerprint density at radius 2 is 1.59 bits per heavy atom. The zero-order valence-corrected chi connectivity index (χ0v) is 19.4. The average molecular weight is 524 g/mol. The van der Waals surface area contributed by atoms with E-state index in [2.05, 4.69) is 10.1 Å². The second-order valence-electron chi connectivity index (χ2n) is 7.52. The third kappa shape index (κ3) is 8.19. The number of nitrogens with one attached hydrogen (secondary N) is 2. The SMILES string of the molecule is CCOc1ccc(C(F)(F)F)cc1N/C=C(\C(=N)OCc1ccccc1)c1ccc(OC(F)(F)F)cc1. The van der Waals surface area contributed by atoms with E-state index in [9.17, 15) is 26.3 Å². The molecule has 0 aliphatic rings. The van der Waals surface area contributed by atoms with Gasteiger partial charge in [-0.1, -0.05) is 42.5 Å². The molecular weight excluding hydrogens is 502 g/mol. The molecule has 0 atom stereocenters. The molecule has 0 saturated carbocycles. The second-order valence-corrected chi connectivity index (χ2v) is 7.52. The van der Waals surface area contributed by atoms with Crippen LogP contribution in [0.2, 0.25) is 0 Å². The van der Waals surface area contributed by atoms with Gasteiger partial charge in [0.25, 0.3) is 0 Å². The molecule has 0 aromatic heterocycles. The largest absolute Gasteiger partial charge is 0.573 e. The van der Waals surface area contributed by atoms with E-state index in [-0.39, 0.29) is 41.7 Å². The van der Waals surface area contributed by atoms with Crippen LogP contribution in [0.15, 0.2) is 79.0 Å². The average Bonchev–Trinajstić information content (AvgIpc) is 2.84. The minimum Gasteiger partial charge on any atom is -0.492 e. The highest BCUT2D eigenvalue weighted by atomic mass is 19.4. The quantitative estimate of drug-likeness (QED) is 0.172. The van der Waals surface area contributed by atoms with E-state index in [0.717, 1.165) is 29.8 Å². The molecule has 0 aliphatic carbocycles. The maximum absolute atomic E-state index is 13.3. The molecule has 0 radical (unpaired) electrons. The van der Waals surface area contributed by atoms with Crippen molar-refractivity contribution in [2.75, 3.05) is 11.9 Å². The number of anilines is 1. The first kappa shape index (κ1) is 27.4. The van der Waals surface area contributed by atoms with E-state index in [1.807, 2.05) is 0 Å². The van der Waals surface area contributed by atoms with Crippen molar-refractivity contribution in [3.05, 3.63) is 95.7 Å². The first-order chi connectivity index (χ1) is 17.5. The van der Waals surface area contributed by atoms with Crippen LogP contribution in [0.4, 0.5) is 32.0 Å². The Morgan fingerprint density at radius 3 is 2.19 bits per heavy atom. The molecule has 0 saturated heterocycles. The predicted octanol–water partition coefficient (Wildman–Crippen LogP) is 7.65. The highest BCUT2D eigenvalue weighted by Gasteiger charge is 2.32. The number of ether oxygens (including phenoxy) is 3.